The molecule has 1 aromatic carbocycles. The van der Waals surface area contributed by atoms with Crippen LogP contribution in [-0.2, 0) is 12.8 Å². The number of benzene rings is 1. The summed E-state index contributed by atoms with van der Waals surface area (Å²) in [4.78, 5) is 26.0. The summed E-state index contributed by atoms with van der Waals surface area (Å²) >= 11 is 1.45. The molecule has 1 amide bonds. The number of hydrogen-bond donors (Lipinski definition) is 1. The maximum atomic E-state index is 12.6. The van der Waals surface area contributed by atoms with Gasteiger partial charge in [-0.1, -0.05) is 19.1 Å². The second-order valence-corrected chi connectivity index (χ2v) is 7.70. The normalized spacial score (nSPS) is 16.1. The summed E-state index contributed by atoms with van der Waals surface area (Å²) < 4.78 is 5.58. The summed E-state index contributed by atoms with van der Waals surface area (Å²) in [7, 11) is 0. The van der Waals surface area contributed by atoms with Crippen molar-refractivity contribution < 1.29 is 9.21 Å². The van der Waals surface area contributed by atoms with E-state index in [1.807, 2.05) is 0 Å². The Kier molecular flexibility index (Phi) is 4.09. The molecule has 0 radical (unpaired) electrons. The summed E-state index contributed by atoms with van der Waals surface area (Å²) in [6.45, 7) is 2.19. The molecule has 2 aromatic heterocycles. The molecule has 4 rings (SSSR count). The first-order chi connectivity index (χ1) is 12.6. The minimum absolute atomic E-state index is 0.0580. The van der Waals surface area contributed by atoms with Crippen molar-refractivity contribution in [1.29, 1.82) is 5.26 Å². The van der Waals surface area contributed by atoms with E-state index in [2.05, 4.69) is 18.3 Å². The number of thiophene rings is 1. The molecule has 0 unspecified atom stereocenters. The van der Waals surface area contributed by atoms with E-state index in [1.165, 1.54) is 17.4 Å². The summed E-state index contributed by atoms with van der Waals surface area (Å²) in [6, 6.07) is 10.2. The molecule has 0 spiro atoms. The van der Waals surface area contributed by atoms with Gasteiger partial charge in [0.2, 0.25) is 0 Å². The van der Waals surface area contributed by atoms with Crippen LogP contribution in [0.3, 0.4) is 0 Å². The van der Waals surface area contributed by atoms with Crippen LogP contribution >= 0.6 is 11.3 Å². The number of hydrogen-bond acceptors (Lipinski definition) is 5. The van der Waals surface area contributed by atoms with E-state index in [0.717, 1.165) is 29.7 Å². The second kappa shape index (κ2) is 6.43. The van der Waals surface area contributed by atoms with Crippen molar-refractivity contribution in [2.45, 2.75) is 26.2 Å². The van der Waals surface area contributed by atoms with Gasteiger partial charge in [-0.3, -0.25) is 9.59 Å². The van der Waals surface area contributed by atoms with Crippen LogP contribution in [-0.4, -0.2) is 5.91 Å². The molecule has 5 nitrogen and oxygen atoms in total. The predicted octanol–water partition coefficient (Wildman–Crippen LogP) is 4.10. The zero-order valence-electron chi connectivity index (χ0n) is 14.2. The molecule has 3 aromatic rings. The monoisotopic (exact) mass is 364 g/mol. The molecule has 26 heavy (non-hydrogen) atoms. The lowest BCUT2D eigenvalue weighted by molar-refractivity contribution is 0.0997. The third-order valence-corrected chi connectivity index (χ3v) is 5.88. The Morgan fingerprint density at radius 3 is 3.00 bits per heavy atom. The largest absolute Gasteiger partial charge is 0.451 e. The quantitative estimate of drug-likeness (QED) is 0.742. The number of nitrogens with one attached hydrogen (secondary N) is 1. The van der Waals surface area contributed by atoms with E-state index in [-0.39, 0.29) is 11.2 Å². The van der Waals surface area contributed by atoms with E-state index in [4.69, 9.17) is 4.42 Å². The maximum absolute atomic E-state index is 12.6. The Hall–Kier alpha value is -2.91. The fourth-order valence-corrected chi connectivity index (χ4v) is 4.69. The van der Waals surface area contributed by atoms with E-state index >= 15 is 0 Å². The van der Waals surface area contributed by atoms with Crippen LogP contribution in [0.5, 0.6) is 0 Å². The van der Waals surface area contributed by atoms with Crippen LogP contribution in [0.25, 0.3) is 11.0 Å². The van der Waals surface area contributed by atoms with Gasteiger partial charge >= 0.3 is 0 Å². The minimum atomic E-state index is -0.518. The Morgan fingerprint density at radius 1 is 1.38 bits per heavy atom. The molecule has 6 heteroatoms. The third-order valence-electron chi connectivity index (χ3n) is 4.71. The highest BCUT2D eigenvalue weighted by Crippen LogP contribution is 2.39. The van der Waals surface area contributed by atoms with Crippen molar-refractivity contribution in [2.24, 2.45) is 5.92 Å². The lowest BCUT2D eigenvalue weighted by Gasteiger charge is -2.17. The second-order valence-electron chi connectivity index (χ2n) is 6.59. The van der Waals surface area contributed by atoms with Crippen LogP contribution in [0.15, 0.2) is 39.5 Å². The zero-order valence-corrected chi connectivity index (χ0v) is 15.0. The topological polar surface area (TPSA) is 83.1 Å². The Morgan fingerprint density at radius 2 is 2.19 bits per heavy atom. The number of para-hydroxylation sites is 1. The van der Waals surface area contributed by atoms with Crippen LogP contribution < -0.4 is 10.7 Å². The van der Waals surface area contributed by atoms with E-state index < -0.39 is 5.91 Å². The third kappa shape index (κ3) is 2.80. The molecule has 1 aliphatic carbocycles. The Balaban J connectivity index is 1.69. The van der Waals surface area contributed by atoms with Gasteiger partial charge in [0, 0.05) is 10.9 Å². The number of rotatable bonds is 2. The first-order valence-corrected chi connectivity index (χ1v) is 9.27. The van der Waals surface area contributed by atoms with Crippen LogP contribution in [0.4, 0.5) is 5.00 Å². The van der Waals surface area contributed by atoms with Gasteiger partial charge in [0.1, 0.15) is 16.7 Å². The van der Waals surface area contributed by atoms with Gasteiger partial charge in [-0.15, -0.1) is 11.3 Å². The summed E-state index contributed by atoms with van der Waals surface area (Å²) in [6.07, 6.45) is 2.83. The van der Waals surface area contributed by atoms with Gasteiger partial charge in [-0.2, -0.15) is 5.26 Å². The molecule has 0 saturated heterocycles. The Labute approximate surface area is 153 Å². The number of carbonyl (C=O) groups excluding carboxylic acids is 1. The van der Waals surface area contributed by atoms with Crippen molar-refractivity contribution >= 4 is 33.2 Å². The smallest absolute Gasteiger partial charge is 0.292 e. The molecule has 0 aliphatic heterocycles. The first kappa shape index (κ1) is 16.6. The summed E-state index contributed by atoms with van der Waals surface area (Å²) in [5.41, 5.74) is 1.68. The Bertz CT molecular complexity index is 1120. The van der Waals surface area contributed by atoms with Crippen molar-refractivity contribution in [2.75, 3.05) is 5.32 Å². The fraction of sp³-hybridized carbons (Fsp3) is 0.250. The number of nitriles is 1. The van der Waals surface area contributed by atoms with E-state index in [0.29, 0.717) is 27.5 Å². The predicted molar refractivity (Wildman–Crippen MR) is 101 cm³/mol. The van der Waals surface area contributed by atoms with E-state index in [1.54, 1.807) is 24.3 Å². The van der Waals surface area contributed by atoms with Crippen LogP contribution in [0.1, 0.15) is 39.9 Å². The number of amides is 1. The van der Waals surface area contributed by atoms with Gasteiger partial charge in [-0.05, 0) is 42.9 Å². The number of fused-ring (bicyclic) bond motifs is 2. The van der Waals surface area contributed by atoms with Crippen LogP contribution in [0.2, 0.25) is 0 Å². The average Bonchev–Trinajstić information content (AvgIpc) is 2.97. The highest BCUT2D eigenvalue weighted by Gasteiger charge is 2.25. The maximum Gasteiger partial charge on any atom is 0.292 e. The highest BCUT2D eigenvalue weighted by molar-refractivity contribution is 7.16. The molecule has 130 valence electrons. The van der Waals surface area contributed by atoms with Gasteiger partial charge < -0.3 is 9.73 Å². The van der Waals surface area contributed by atoms with Crippen molar-refractivity contribution in [3.63, 3.8) is 0 Å². The number of carbonyl (C=O) groups is 1. The summed E-state index contributed by atoms with van der Waals surface area (Å²) in [5, 5.41) is 13.3. The zero-order chi connectivity index (χ0) is 18.3. The number of nitrogens with zero attached hydrogens (tertiary/aromatic N) is 1. The highest BCUT2D eigenvalue weighted by atomic mass is 32.1. The number of anilines is 1. The first-order valence-electron chi connectivity index (χ1n) is 8.45. The van der Waals surface area contributed by atoms with Crippen molar-refractivity contribution in [3.05, 3.63) is 62.3 Å². The van der Waals surface area contributed by atoms with Crippen molar-refractivity contribution in [3.8, 4) is 6.07 Å². The summed E-state index contributed by atoms with van der Waals surface area (Å²) in [5.74, 6) is 0.00285. The lowest BCUT2D eigenvalue weighted by Crippen LogP contribution is -2.15. The molecule has 0 saturated carbocycles. The molecule has 1 N–H and O–H groups in total. The van der Waals surface area contributed by atoms with E-state index in [9.17, 15) is 14.9 Å². The molecule has 1 atom stereocenters. The molecule has 1 aliphatic rings. The average molecular weight is 364 g/mol. The van der Waals surface area contributed by atoms with Gasteiger partial charge in [0.15, 0.2) is 11.2 Å². The molecule has 0 fully saturated rings. The SMILES string of the molecule is C[C@@H]1CCc2c(sc(NC(=O)c3cc(=O)c4ccccc4o3)c2C#N)C1. The molecular weight excluding hydrogens is 348 g/mol. The fourth-order valence-electron chi connectivity index (χ4n) is 3.34. The minimum Gasteiger partial charge on any atom is -0.451 e. The van der Waals surface area contributed by atoms with Crippen molar-refractivity contribution in [1.82, 2.24) is 0 Å². The molecule has 2 heterocycles. The standard InChI is InChI=1S/C20H16N2O3S/c1-11-6-7-12-14(10-21)20(26-18(12)8-11)22-19(24)17-9-15(23)13-4-2-3-5-16(13)25-17/h2-5,9,11H,6-8H2,1H3,(H,22,24)/t11-/m1/s1. The van der Waals surface area contributed by atoms with Gasteiger partial charge in [0.05, 0.1) is 10.9 Å². The lowest BCUT2D eigenvalue weighted by atomic mass is 9.89. The van der Waals surface area contributed by atoms with Gasteiger partial charge in [0.25, 0.3) is 5.91 Å². The van der Waals surface area contributed by atoms with Crippen LogP contribution in [0, 0.1) is 17.2 Å². The molecular formula is C20H16N2O3S. The van der Waals surface area contributed by atoms with Gasteiger partial charge in [-0.25, -0.2) is 0 Å². The molecule has 0 bridgehead atoms.